The summed E-state index contributed by atoms with van der Waals surface area (Å²) in [5.41, 5.74) is -0.164. The van der Waals surface area contributed by atoms with E-state index in [0.717, 1.165) is 17.8 Å². The molecule has 6 heteroatoms. The second-order valence-corrected chi connectivity index (χ2v) is 4.51. The number of carbonyl (C=O) groups excluding carboxylic acids is 1. The molecule has 88 valence electrons. The minimum Gasteiger partial charge on any atom is -0.476 e. The fourth-order valence-corrected chi connectivity index (χ4v) is 2.04. The van der Waals surface area contributed by atoms with Crippen LogP contribution in [-0.2, 0) is 0 Å². The van der Waals surface area contributed by atoms with E-state index < -0.39 is 5.97 Å². The van der Waals surface area contributed by atoms with Crippen LogP contribution in [0.2, 0.25) is 0 Å². The van der Waals surface area contributed by atoms with Gasteiger partial charge in [-0.2, -0.15) is 0 Å². The number of carboxylic acid groups (broad SMARTS) is 1. The molecule has 0 aromatic carbocycles. The number of aromatic nitrogens is 1. The number of aromatic carboxylic acids is 1. The first-order chi connectivity index (χ1) is 7.45. The summed E-state index contributed by atoms with van der Waals surface area (Å²) in [7, 11) is 0. The molecule has 0 saturated carbocycles. The molecule has 0 fully saturated rings. The normalized spacial score (nSPS) is 12.2. The molecule has 5 nitrogen and oxygen atoms in total. The summed E-state index contributed by atoms with van der Waals surface area (Å²) in [5, 5.41) is 12.4. The third-order valence-electron chi connectivity index (χ3n) is 2.13. The zero-order valence-corrected chi connectivity index (χ0v) is 10.2. The summed E-state index contributed by atoms with van der Waals surface area (Å²) < 4.78 is 0. The largest absolute Gasteiger partial charge is 0.476 e. The van der Waals surface area contributed by atoms with Gasteiger partial charge in [-0.05, 0) is 13.3 Å². The lowest BCUT2D eigenvalue weighted by Gasteiger charge is -2.08. The molecule has 1 unspecified atom stereocenters. The van der Waals surface area contributed by atoms with Crippen molar-refractivity contribution in [3.8, 4) is 0 Å². The van der Waals surface area contributed by atoms with E-state index in [1.54, 1.807) is 0 Å². The highest BCUT2D eigenvalue weighted by molar-refractivity contribution is 7.17. The first-order valence-corrected chi connectivity index (χ1v) is 5.79. The van der Waals surface area contributed by atoms with Crippen LogP contribution in [0.5, 0.6) is 0 Å². The molecule has 1 heterocycles. The van der Waals surface area contributed by atoms with Crippen LogP contribution in [0, 0.1) is 0 Å². The van der Waals surface area contributed by atoms with Gasteiger partial charge in [0.25, 0.3) is 0 Å². The first kappa shape index (κ1) is 12.6. The van der Waals surface area contributed by atoms with E-state index in [4.69, 9.17) is 5.11 Å². The summed E-state index contributed by atoms with van der Waals surface area (Å²) in [5.74, 6) is -1.44. The first-order valence-electron chi connectivity index (χ1n) is 4.97. The Balaban J connectivity index is 3.02. The van der Waals surface area contributed by atoms with Crippen molar-refractivity contribution < 1.29 is 14.7 Å². The molecule has 2 N–H and O–H groups in total. The van der Waals surface area contributed by atoms with Crippen molar-refractivity contribution in [1.82, 2.24) is 4.98 Å². The Morgan fingerprint density at radius 1 is 1.56 bits per heavy atom. The van der Waals surface area contributed by atoms with Crippen molar-refractivity contribution in [2.75, 3.05) is 5.32 Å². The minimum atomic E-state index is -1.17. The lowest BCUT2D eigenvalue weighted by atomic mass is 10.3. The van der Waals surface area contributed by atoms with Crippen LogP contribution < -0.4 is 5.32 Å². The SMILES string of the molecule is CCC(C)Nc1nc(C(=O)O)c(C(C)=O)s1. The predicted octanol–water partition coefficient (Wildman–Crippen LogP) is 2.25. The van der Waals surface area contributed by atoms with E-state index in [1.807, 2.05) is 13.8 Å². The number of Topliss-reactive ketones (excluding diaryl/α,β-unsaturated/α-hetero) is 1. The molecular formula is C10H14N2O3S. The average molecular weight is 242 g/mol. The van der Waals surface area contributed by atoms with Gasteiger partial charge in [0.2, 0.25) is 0 Å². The Labute approximate surface area is 97.5 Å². The fraction of sp³-hybridized carbons (Fsp3) is 0.500. The van der Waals surface area contributed by atoms with E-state index in [9.17, 15) is 9.59 Å². The van der Waals surface area contributed by atoms with Crippen LogP contribution >= 0.6 is 11.3 Å². The number of hydrogen-bond donors (Lipinski definition) is 2. The maximum atomic E-state index is 11.2. The van der Waals surface area contributed by atoms with Crippen LogP contribution in [0.25, 0.3) is 0 Å². The molecule has 0 spiro atoms. The molecule has 0 saturated heterocycles. The van der Waals surface area contributed by atoms with Crippen LogP contribution in [-0.4, -0.2) is 27.9 Å². The van der Waals surface area contributed by atoms with Crippen LogP contribution in [0.1, 0.15) is 47.4 Å². The van der Waals surface area contributed by atoms with E-state index in [2.05, 4.69) is 10.3 Å². The Morgan fingerprint density at radius 2 is 2.19 bits per heavy atom. The molecule has 0 aliphatic carbocycles. The standard InChI is InChI=1S/C10H14N2O3S/c1-4-5(2)11-10-12-7(9(14)15)8(16-10)6(3)13/h5H,4H2,1-3H3,(H,11,12)(H,14,15). The summed E-state index contributed by atoms with van der Waals surface area (Å²) in [6.07, 6.45) is 0.900. The van der Waals surface area contributed by atoms with E-state index >= 15 is 0 Å². The number of hydrogen-bond acceptors (Lipinski definition) is 5. The monoisotopic (exact) mass is 242 g/mol. The maximum absolute atomic E-state index is 11.2. The Morgan fingerprint density at radius 3 is 2.56 bits per heavy atom. The highest BCUT2D eigenvalue weighted by Gasteiger charge is 2.20. The van der Waals surface area contributed by atoms with Gasteiger partial charge in [0.1, 0.15) is 4.88 Å². The van der Waals surface area contributed by atoms with Crippen LogP contribution in [0.4, 0.5) is 5.13 Å². The number of carbonyl (C=O) groups is 2. The molecule has 1 aromatic heterocycles. The minimum absolute atomic E-state index is 0.164. The van der Waals surface area contributed by atoms with E-state index in [1.165, 1.54) is 6.92 Å². The molecule has 1 atom stereocenters. The number of ketones is 1. The number of rotatable bonds is 5. The Bertz CT molecular complexity index is 383. The van der Waals surface area contributed by atoms with Gasteiger partial charge in [0.15, 0.2) is 16.6 Å². The van der Waals surface area contributed by atoms with Crippen molar-refractivity contribution in [1.29, 1.82) is 0 Å². The quantitative estimate of drug-likeness (QED) is 0.774. The highest BCUT2D eigenvalue weighted by Crippen LogP contribution is 2.24. The second-order valence-electron chi connectivity index (χ2n) is 3.51. The third-order valence-corrected chi connectivity index (χ3v) is 3.22. The predicted molar refractivity (Wildman–Crippen MR) is 62.5 cm³/mol. The zero-order valence-electron chi connectivity index (χ0n) is 9.40. The number of thiazole rings is 1. The molecule has 0 radical (unpaired) electrons. The van der Waals surface area contributed by atoms with Crippen molar-refractivity contribution in [3.05, 3.63) is 10.6 Å². The van der Waals surface area contributed by atoms with Crippen molar-refractivity contribution in [2.45, 2.75) is 33.2 Å². The molecule has 0 amide bonds. The van der Waals surface area contributed by atoms with Crippen molar-refractivity contribution >= 4 is 28.2 Å². The number of anilines is 1. The van der Waals surface area contributed by atoms with Crippen LogP contribution in [0.3, 0.4) is 0 Å². The summed E-state index contributed by atoms with van der Waals surface area (Å²) >= 11 is 1.09. The summed E-state index contributed by atoms with van der Waals surface area (Å²) in [6, 6.07) is 0.201. The fourth-order valence-electron chi connectivity index (χ4n) is 1.08. The summed E-state index contributed by atoms with van der Waals surface area (Å²) in [6.45, 7) is 5.32. The molecule has 16 heavy (non-hydrogen) atoms. The second kappa shape index (κ2) is 5.07. The number of nitrogens with zero attached hydrogens (tertiary/aromatic N) is 1. The number of nitrogens with one attached hydrogen (secondary N) is 1. The molecule has 1 rings (SSSR count). The van der Waals surface area contributed by atoms with E-state index in [0.29, 0.717) is 5.13 Å². The lowest BCUT2D eigenvalue weighted by Crippen LogP contribution is -2.13. The lowest BCUT2D eigenvalue weighted by molar-refractivity contribution is 0.0687. The van der Waals surface area contributed by atoms with Crippen molar-refractivity contribution in [2.24, 2.45) is 0 Å². The summed E-state index contributed by atoms with van der Waals surface area (Å²) in [4.78, 5) is 26.2. The van der Waals surface area contributed by atoms with E-state index in [-0.39, 0.29) is 22.4 Å². The molecule has 0 bridgehead atoms. The van der Waals surface area contributed by atoms with Gasteiger partial charge < -0.3 is 10.4 Å². The van der Waals surface area contributed by atoms with Gasteiger partial charge in [0, 0.05) is 13.0 Å². The maximum Gasteiger partial charge on any atom is 0.356 e. The van der Waals surface area contributed by atoms with Gasteiger partial charge in [-0.25, -0.2) is 9.78 Å². The molecule has 0 aliphatic rings. The van der Waals surface area contributed by atoms with Gasteiger partial charge >= 0.3 is 5.97 Å². The van der Waals surface area contributed by atoms with Crippen LogP contribution in [0.15, 0.2) is 0 Å². The van der Waals surface area contributed by atoms with Gasteiger partial charge in [0.05, 0.1) is 0 Å². The topological polar surface area (TPSA) is 79.3 Å². The third kappa shape index (κ3) is 2.79. The Hall–Kier alpha value is -1.43. The average Bonchev–Trinajstić information content (AvgIpc) is 2.61. The molecule has 1 aromatic rings. The van der Waals surface area contributed by atoms with Gasteiger partial charge in [-0.15, -0.1) is 0 Å². The van der Waals surface area contributed by atoms with Gasteiger partial charge in [-0.1, -0.05) is 18.3 Å². The molecular weight excluding hydrogens is 228 g/mol. The smallest absolute Gasteiger partial charge is 0.356 e. The zero-order chi connectivity index (χ0) is 12.3. The highest BCUT2D eigenvalue weighted by atomic mass is 32.1. The molecule has 0 aliphatic heterocycles. The number of carboxylic acids is 1. The van der Waals surface area contributed by atoms with Crippen molar-refractivity contribution in [3.63, 3.8) is 0 Å². The Kier molecular flexibility index (Phi) is 4.00. The van der Waals surface area contributed by atoms with Gasteiger partial charge in [-0.3, -0.25) is 4.79 Å².